The summed E-state index contributed by atoms with van der Waals surface area (Å²) in [6.07, 6.45) is 1.47. The number of nitriles is 1. The quantitative estimate of drug-likeness (QED) is 0.789. The number of amides is 1. The Morgan fingerprint density at radius 2 is 2.25 bits per heavy atom. The highest BCUT2D eigenvalue weighted by molar-refractivity contribution is 5.77. The molecular weight excluding hydrogens is 256 g/mol. The third-order valence-corrected chi connectivity index (χ3v) is 2.69. The van der Waals surface area contributed by atoms with Crippen molar-refractivity contribution in [1.29, 1.82) is 5.26 Å². The fourth-order valence-electron chi connectivity index (χ4n) is 1.69. The fraction of sp³-hybridized carbons (Fsp3) is 0.467. The van der Waals surface area contributed by atoms with Crippen LogP contribution in [0.1, 0.15) is 25.3 Å². The van der Waals surface area contributed by atoms with Gasteiger partial charge in [-0.05, 0) is 24.5 Å². The van der Waals surface area contributed by atoms with E-state index in [4.69, 9.17) is 14.7 Å². The maximum atomic E-state index is 11.2. The molecule has 0 aliphatic rings. The minimum absolute atomic E-state index is 0.109. The van der Waals surface area contributed by atoms with Gasteiger partial charge < -0.3 is 14.8 Å². The van der Waals surface area contributed by atoms with Gasteiger partial charge in [-0.15, -0.1) is 0 Å². The van der Waals surface area contributed by atoms with E-state index in [9.17, 15) is 4.79 Å². The standard InChI is InChI=1S/C15H20N2O3/c1-3-10-20-14-11-13(19-2)5-4-12(14)7-9-17-15(18)6-8-16/h4-5,11H,3,6-7,9-10H2,1-2H3,(H,17,18). The number of hydrogen-bond acceptors (Lipinski definition) is 4. The van der Waals surface area contributed by atoms with Crippen molar-refractivity contribution in [2.45, 2.75) is 26.2 Å². The molecule has 0 bridgehead atoms. The molecule has 0 unspecified atom stereocenters. The number of hydrogen-bond donors (Lipinski definition) is 1. The normalized spacial score (nSPS) is 9.65. The highest BCUT2D eigenvalue weighted by Crippen LogP contribution is 2.25. The SMILES string of the molecule is CCCOc1cc(OC)ccc1CCNC(=O)CC#N. The molecule has 5 heteroatoms. The van der Waals surface area contributed by atoms with Crippen LogP contribution in [0.4, 0.5) is 0 Å². The van der Waals surface area contributed by atoms with Gasteiger partial charge in [0.25, 0.3) is 0 Å². The molecule has 0 spiro atoms. The van der Waals surface area contributed by atoms with Crippen LogP contribution in [-0.2, 0) is 11.2 Å². The summed E-state index contributed by atoms with van der Waals surface area (Å²) in [6, 6.07) is 7.46. The number of ether oxygens (including phenoxy) is 2. The summed E-state index contributed by atoms with van der Waals surface area (Å²) < 4.78 is 10.9. The van der Waals surface area contributed by atoms with E-state index in [1.165, 1.54) is 0 Å². The number of nitrogens with zero attached hydrogens (tertiary/aromatic N) is 1. The lowest BCUT2D eigenvalue weighted by Crippen LogP contribution is -2.25. The number of methoxy groups -OCH3 is 1. The zero-order chi connectivity index (χ0) is 14.8. The van der Waals surface area contributed by atoms with Crippen molar-refractivity contribution in [3.05, 3.63) is 23.8 Å². The van der Waals surface area contributed by atoms with Crippen molar-refractivity contribution >= 4 is 5.91 Å². The minimum Gasteiger partial charge on any atom is -0.497 e. The van der Waals surface area contributed by atoms with Crippen molar-refractivity contribution in [2.24, 2.45) is 0 Å². The molecule has 1 amide bonds. The van der Waals surface area contributed by atoms with Crippen LogP contribution in [0.3, 0.4) is 0 Å². The van der Waals surface area contributed by atoms with Gasteiger partial charge in [-0.3, -0.25) is 4.79 Å². The molecule has 0 fully saturated rings. The minimum atomic E-state index is -0.253. The van der Waals surface area contributed by atoms with Crippen LogP contribution < -0.4 is 14.8 Å². The van der Waals surface area contributed by atoms with E-state index >= 15 is 0 Å². The fourth-order valence-corrected chi connectivity index (χ4v) is 1.69. The van der Waals surface area contributed by atoms with E-state index in [0.717, 1.165) is 23.5 Å². The molecule has 1 aromatic rings. The molecule has 0 saturated heterocycles. The largest absolute Gasteiger partial charge is 0.497 e. The van der Waals surface area contributed by atoms with Crippen LogP contribution in [0.25, 0.3) is 0 Å². The Hall–Kier alpha value is -2.22. The summed E-state index contributed by atoms with van der Waals surface area (Å²) >= 11 is 0. The Kier molecular flexibility index (Phi) is 6.97. The molecule has 1 N–H and O–H groups in total. The molecule has 0 saturated carbocycles. The zero-order valence-corrected chi connectivity index (χ0v) is 11.9. The maximum absolute atomic E-state index is 11.2. The van der Waals surface area contributed by atoms with Crippen LogP contribution in [0.15, 0.2) is 18.2 Å². The number of carbonyl (C=O) groups is 1. The van der Waals surface area contributed by atoms with E-state index in [-0.39, 0.29) is 12.3 Å². The second-order valence-corrected chi connectivity index (χ2v) is 4.26. The first-order chi connectivity index (χ1) is 9.71. The average Bonchev–Trinajstić information content (AvgIpc) is 2.46. The summed E-state index contributed by atoms with van der Waals surface area (Å²) in [4.78, 5) is 11.2. The topological polar surface area (TPSA) is 71.3 Å². The lowest BCUT2D eigenvalue weighted by molar-refractivity contribution is -0.120. The van der Waals surface area contributed by atoms with Crippen LogP contribution in [-0.4, -0.2) is 26.2 Å². The van der Waals surface area contributed by atoms with Gasteiger partial charge in [0.15, 0.2) is 0 Å². The average molecular weight is 276 g/mol. The van der Waals surface area contributed by atoms with Gasteiger partial charge in [0.2, 0.25) is 5.91 Å². The summed E-state index contributed by atoms with van der Waals surface area (Å²) in [5.41, 5.74) is 1.01. The van der Waals surface area contributed by atoms with Gasteiger partial charge in [0, 0.05) is 12.6 Å². The van der Waals surface area contributed by atoms with Crippen LogP contribution >= 0.6 is 0 Å². The Bertz CT molecular complexity index is 480. The predicted molar refractivity (Wildman–Crippen MR) is 75.7 cm³/mol. The maximum Gasteiger partial charge on any atom is 0.234 e. The third kappa shape index (κ3) is 5.19. The van der Waals surface area contributed by atoms with Crippen molar-refractivity contribution < 1.29 is 14.3 Å². The molecule has 20 heavy (non-hydrogen) atoms. The molecule has 5 nitrogen and oxygen atoms in total. The zero-order valence-electron chi connectivity index (χ0n) is 11.9. The van der Waals surface area contributed by atoms with Crippen molar-refractivity contribution in [2.75, 3.05) is 20.3 Å². The molecular formula is C15H20N2O3. The van der Waals surface area contributed by atoms with Gasteiger partial charge in [0.05, 0.1) is 19.8 Å². The predicted octanol–water partition coefficient (Wildman–Crippen LogP) is 2.06. The molecule has 0 aliphatic carbocycles. The second-order valence-electron chi connectivity index (χ2n) is 4.26. The Morgan fingerprint density at radius 3 is 2.90 bits per heavy atom. The highest BCUT2D eigenvalue weighted by atomic mass is 16.5. The first-order valence-electron chi connectivity index (χ1n) is 6.64. The molecule has 0 atom stereocenters. The molecule has 1 rings (SSSR count). The lowest BCUT2D eigenvalue weighted by atomic mass is 10.1. The van der Waals surface area contributed by atoms with Gasteiger partial charge >= 0.3 is 0 Å². The molecule has 0 aliphatic heterocycles. The Labute approximate surface area is 119 Å². The van der Waals surface area contributed by atoms with Gasteiger partial charge in [-0.25, -0.2) is 0 Å². The van der Waals surface area contributed by atoms with Crippen molar-refractivity contribution in [1.82, 2.24) is 5.32 Å². The Morgan fingerprint density at radius 1 is 1.45 bits per heavy atom. The van der Waals surface area contributed by atoms with E-state index < -0.39 is 0 Å². The number of carbonyl (C=O) groups excluding carboxylic acids is 1. The van der Waals surface area contributed by atoms with E-state index in [0.29, 0.717) is 19.6 Å². The second kappa shape index (κ2) is 8.81. The molecule has 0 radical (unpaired) electrons. The van der Waals surface area contributed by atoms with E-state index in [1.807, 2.05) is 31.2 Å². The Balaban J connectivity index is 2.63. The highest BCUT2D eigenvalue weighted by Gasteiger charge is 2.07. The monoisotopic (exact) mass is 276 g/mol. The summed E-state index contributed by atoms with van der Waals surface area (Å²) in [6.45, 7) is 3.16. The summed E-state index contributed by atoms with van der Waals surface area (Å²) in [5.74, 6) is 1.27. The van der Waals surface area contributed by atoms with E-state index in [1.54, 1.807) is 7.11 Å². The van der Waals surface area contributed by atoms with Gasteiger partial charge in [0.1, 0.15) is 17.9 Å². The molecule has 1 aromatic carbocycles. The first-order valence-corrected chi connectivity index (χ1v) is 6.64. The third-order valence-electron chi connectivity index (χ3n) is 2.69. The van der Waals surface area contributed by atoms with Crippen molar-refractivity contribution in [3.8, 4) is 17.6 Å². The van der Waals surface area contributed by atoms with Gasteiger partial charge in [-0.2, -0.15) is 5.26 Å². The van der Waals surface area contributed by atoms with Crippen LogP contribution in [0, 0.1) is 11.3 Å². The van der Waals surface area contributed by atoms with Gasteiger partial charge in [-0.1, -0.05) is 13.0 Å². The number of rotatable bonds is 8. The van der Waals surface area contributed by atoms with Crippen molar-refractivity contribution in [3.63, 3.8) is 0 Å². The first kappa shape index (κ1) is 15.8. The molecule has 0 aromatic heterocycles. The summed E-state index contributed by atoms with van der Waals surface area (Å²) in [5, 5.41) is 11.1. The lowest BCUT2D eigenvalue weighted by Gasteiger charge is -2.12. The summed E-state index contributed by atoms with van der Waals surface area (Å²) in [7, 11) is 1.61. The van der Waals surface area contributed by atoms with E-state index in [2.05, 4.69) is 5.32 Å². The molecule has 108 valence electrons. The smallest absolute Gasteiger partial charge is 0.234 e. The van der Waals surface area contributed by atoms with Crippen LogP contribution in [0.2, 0.25) is 0 Å². The number of benzene rings is 1. The van der Waals surface area contributed by atoms with Crippen LogP contribution in [0.5, 0.6) is 11.5 Å². The number of nitrogens with one attached hydrogen (secondary N) is 1. The molecule has 0 heterocycles.